The first kappa shape index (κ1) is 13.3. The van der Waals surface area contributed by atoms with Crippen molar-refractivity contribution in [3.05, 3.63) is 0 Å². The molecule has 18 heavy (non-hydrogen) atoms. The molecule has 5 heteroatoms. The van der Waals surface area contributed by atoms with Gasteiger partial charge in [0.2, 0.25) is 5.91 Å². The first-order valence-electron chi connectivity index (χ1n) is 6.51. The van der Waals surface area contributed by atoms with E-state index in [0.717, 1.165) is 19.3 Å². The fraction of sp³-hybridized carbons (Fsp3) is 0.846. The van der Waals surface area contributed by atoms with Gasteiger partial charge in [0.1, 0.15) is 0 Å². The molecule has 1 aliphatic carbocycles. The van der Waals surface area contributed by atoms with Crippen molar-refractivity contribution >= 4 is 11.9 Å². The second kappa shape index (κ2) is 4.88. The molecule has 0 aromatic rings. The van der Waals surface area contributed by atoms with E-state index >= 15 is 0 Å². The Hall–Kier alpha value is -1.10. The molecule has 2 atom stereocenters. The third-order valence-electron chi connectivity index (χ3n) is 4.31. The maximum atomic E-state index is 12.4. The average molecular weight is 255 g/mol. The molecule has 0 radical (unpaired) electrons. The van der Waals surface area contributed by atoms with Crippen molar-refractivity contribution in [3.8, 4) is 0 Å². The molecule has 2 rings (SSSR count). The minimum absolute atomic E-state index is 0.0460. The third-order valence-corrected chi connectivity index (χ3v) is 4.31. The number of carbonyl (C=O) groups is 2. The molecule has 1 saturated carbocycles. The van der Waals surface area contributed by atoms with Crippen molar-refractivity contribution < 1.29 is 19.4 Å². The summed E-state index contributed by atoms with van der Waals surface area (Å²) in [6.07, 6.45) is 2.58. The molecule has 0 bridgehead atoms. The molecule has 1 saturated heterocycles. The molecule has 2 aliphatic rings. The minimum Gasteiger partial charge on any atom is -0.481 e. The summed E-state index contributed by atoms with van der Waals surface area (Å²) in [6.45, 7) is 3.44. The quantitative estimate of drug-likeness (QED) is 0.795. The molecule has 1 heterocycles. The number of amides is 1. The van der Waals surface area contributed by atoms with Crippen molar-refractivity contribution in [2.24, 2.45) is 17.3 Å². The van der Waals surface area contributed by atoms with E-state index in [9.17, 15) is 9.59 Å². The molecule has 1 aliphatic heterocycles. The highest BCUT2D eigenvalue weighted by Gasteiger charge is 2.53. The van der Waals surface area contributed by atoms with Gasteiger partial charge in [-0.15, -0.1) is 0 Å². The summed E-state index contributed by atoms with van der Waals surface area (Å²) in [4.78, 5) is 25.2. The van der Waals surface area contributed by atoms with Crippen LogP contribution in [0, 0.1) is 17.3 Å². The maximum Gasteiger partial charge on any atom is 0.308 e. The van der Waals surface area contributed by atoms with Gasteiger partial charge < -0.3 is 14.7 Å². The molecular formula is C13H21NO4. The van der Waals surface area contributed by atoms with E-state index in [1.165, 1.54) is 0 Å². The topological polar surface area (TPSA) is 66.8 Å². The summed E-state index contributed by atoms with van der Waals surface area (Å²) in [6, 6.07) is 0. The van der Waals surface area contributed by atoms with Crippen molar-refractivity contribution in [3.63, 3.8) is 0 Å². The normalized spacial score (nSPS) is 29.3. The Morgan fingerprint density at radius 1 is 1.39 bits per heavy atom. The van der Waals surface area contributed by atoms with Crippen LogP contribution in [0.4, 0.5) is 0 Å². The van der Waals surface area contributed by atoms with Gasteiger partial charge >= 0.3 is 5.97 Å². The third kappa shape index (κ3) is 2.36. The molecule has 0 aromatic heterocycles. The van der Waals surface area contributed by atoms with Crippen molar-refractivity contribution in [1.29, 1.82) is 0 Å². The minimum atomic E-state index is -0.792. The average Bonchev–Trinajstić information content (AvgIpc) is 3.02. The van der Waals surface area contributed by atoms with Crippen LogP contribution in [0.1, 0.15) is 26.2 Å². The zero-order valence-corrected chi connectivity index (χ0v) is 11.0. The lowest BCUT2D eigenvalue weighted by Crippen LogP contribution is -2.36. The van der Waals surface area contributed by atoms with Crippen LogP contribution in [0.25, 0.3) is 0 Å². The predicted octanol–water partition coefficient (Wildman–Crippen LogP) is 0.982. The molecular weight excluding hydrogens is 234 g/mol. The predicted molar refractivity (Wildman–Crippen MR) is 65.0 cm³/mol. The number of methoxy groups -OCH3 is 1. The lowest BCUT2D eigenvalue weighted by molar-refractivity contribution is -0.142. The summed E-state index contributed by atoms with van der Waals surface area (Å²) in [7, 11) is 1.64. The summed E-state index contributed by atoms with van der Waals surface area (Å²) < 4.78 is 5.05. The van der Waals surface area contributed by atoms with Crippen molar-refractivity contribution in [2.45, 2.75) is 26.2 Å². The molecule has 1 N–H and O–H groups in total. The number of carboxylic acids is 1. The van der Waals surface area contributed by atoms with Gasteiger partial charge in [-0.3, -0.25) is 9.59 Å². The first-order chi connectivity index (χ1) is 8.50. The van der Waals surface area contributed by atoms with Crippen LogP contribution in [0.3, 0.4) is 0 Å². The van der Waals surface area contributed by atoms with E-state index in [1.54, 1.807) is 12.0 Å². The number of likely N-dealkylation sites (tertiary alicyclic amines) is 1. The van der Waals surface area contributed by atoms with Gasteiger partial charge in [0, 0.05) is 26.8 Å². The van der Waals surface area contributed by atoms with E-state index in [4.69, 9.17) is 9.84 Å². The Morgan fingerprint density at radius 3 is 2.50 bits per heavy atom. The molecule has 2 fully saturated rings. The number of carboxylic acid groups (broad SMARTS) is 1. The van der Waals surface area contributed by atoms with Crippen LogP contribution in [0.15, 0.2) is 0 Å². The fourth-order valence-electron chi connectivity index (χ4n) is 2.81. The van der Waals surface area contributed by atoms with Crippen molar-refractivity contribution in [2.75, 3.05) is 26.8 Å². The zero-order valence-electron chi connectivity index (χ0n) is 11.0. The Morgan fingerprint density at radius 2 is 2.06 bits per heavy atom. The summed E-state index contributed by atoms with van der Waals surface area (Å²) in [5.74, 6) is -1.02. The monoisotopic (exact) mass is 255 g/mol. The van der Waals surface area contributed by atoms with Crippen LogP contribution in [0.5, 0.6) is 0 Å². The number of nitrogens with zero attached hydrogens (tertiary/aromatic N) is 1. The molecule has 0 aromatic carbocycles. The number of hydrogen-bond donors (Lipinski definition) is 1. The van der Waals surface area contributed by atoms with Gasteiger partial charge in [0.05, 0.1) is 11.3 Å². The Bertz CT molecular complexity index is 351. The van der Waals surface area contributed by atoms with E-state index in [1.807, 2.05) is 6.92 Å². The van der Waals surface area contributed by atoms with Gasteiger partial charge in [0.15, 0.2) is 0 Å². The SMILES string of the molecule is COCCC1(C(=O)N2C[C@@H](C)[C@H](C(=O)O)C2)CC1. The van der Waals surface area contributed by atoms with E-state index in [2.05, 4.69) is 0 Å². The Balaban J connectivity index is 1.97. The van der Waals surface area contributed by atoms with Crippen LogP contribution in [-0.4, -0.2) is 48.7 Å². The molecule has 0 spiro atoms. The Labute approximate surface area is 107 Å². The van der Waals surface area contributed by atoms with Gasteiger partial charge in [-0.2, -0.15) is 0 Å². The highest BCUT2D eigenvalue weighted by molar-refractivity contribution is 5.86. The lowest BCUT2D eigenvalue weighted by atomic mass is 9.99. The number of hydrogen-bond acceptors (Lipinski definition) is 3. The standard InChI is InChI=1S/C13H21NO4/c1-9-7-14(8-10(9)11(15)16)12(17)13(3-4-13)5-6-18-2/h9-10H,3-8H2,1-2H3,(H,15,16)/t9-,10-/m1/s1. The number of ether oxygens (including phenoxy) is 1. The smallest absolute Gasteiger partial charge is 0.308 e. The van der Waals surface area contributed by atoms with Crippen LogP contribution in [0.2, 0.25) is 0 Å². The number of carbonyl (C=O) groups excluding carboxylic acids is 1. The number of rotatable bonds is 5. The van der Waals surface area contributed by atoms with Gasteiger partial charge in [-0.1, -0.05) is 6.92 Å². The van der Waals surface area contributed by atoms with E-state index < -0.39 is 11.9 Å². The molecule has 102 valence electrons. The maximum absolute atomic E-state index is 12.4. The molecule has 0 unspecified atom stereocenters. The fourth-order valence-corrected chi connectivity index (χ4v) is 2.81. The molecule has 5 nitrogen and oxygen atoms in total. The van der Waals surface area contributed by atoms with Crippen molar-refractivity contribution in [1.82, 2.24) is 4.90 Å². The van der Waals surface area contributed by atoms with Gasteiger partial charge in [0.25, 0.3) is 0 Å². The molecule has 1 amide bonds. The zero-order chi connectivity index (χ0) is 13.3. The van der Waals surface area contributed by atoms with Gasteiger partial charge in [-0.25, -0.2) is 0 Å². The number of aliphatic carboxylic acids is 1. The van der Waals surface area contributed by atoms with E-state index in [-0.39, 0.29) is 17.2 Å². The second-order valence-electron chi connectivity index (χ2n) is 5.66. The Kier molecular flexibility index (Phi) is 3.61. The van der Waals surface area contributed by atoms with Crippen LogP contribution < -0.4 is 0 Å². The van der Waals surface area contributed by atoms with Crippen LogP contribution in [-0.2, 0) is 14.3 Å². The van der Waals surface area contributed by atoms with E-state index in [0.29, 0.717) is 19.7 Å². The summed E-state index contributed by atoms with van der Waals surface area (Å²) in [5.41, 5.74) is -0.247. The largest absolute Gasteiger partial charge is 0.481 e. The lowest BCUT2D eigenvalue weighted by Gasteiger charge is -2.22. The highest BCUT2D eigenvalue weighted by atomic mass is 16.5. The van der Waals surface area contributed by atoms with Gasteiger partial charge in [-0.05, 0) is 25.2 Å². The van der Waals surface area contributed by atoms with Crippen LogP contribution >= 0.6 is 0 Å². The summed E-state index contributed by atoms with van der Waals surface area (Å²) >= 11 is 0. The summed E-state index contributed by atoms with van der Waals surface area (Å²) in [5, 5.41) is 9.09. The highest BCUT2D eigenvalue weighted by Crippen LogP contribution is 2.51. The first-order valence-corrected chi connectivity index (χ1v) is 6.51. The second-order valence-corrected chi connectivity index (χ2v) is 5.66.